The Morgan fingerprint density at radius 1 is 1.21 bits per heavy atom. The molecule has 1 aromatic heterocycles. The lowest BCUT2D eigenvalue weighted by molar-refractivity contribution is 0.684. The number of rotatable bonds is 0. The predicted octanol–water partition coefficient (Wildman–Crippen LogP) is 2.94. The molecule has 1 aliphatic heterocycles. The number of hydrogen-bond donors (Lipinski definition) is 1. The fourth-order valence-electron chi connectivity index (χ4n) is 2.16. The van der Waals surface area contributed by atoms with Crippen LogP contribution in [0.1, 0.15) is 16.9 Å². The van der Waals surface area contributed by atoms with E-state index in [1.807, 2.05) is 11.3 Å². The highest BCUT2D eigenvalue weighted by Gasteiger charge is 2.13. The van der Waals surface area contributed by atoms with Crippen LogP contribution >= 0.6 is 11.3 Å². The molecule has 0 atom stereocenters. The van der Waals surface area contributed by atoms with Crippen LogP contribution < -0.4 is 5.32 Å². The van der Waals surface area contributed by atoms with Gasteiger partial charge >= 0.3 is 0 Å². The molecule has 0 radical (unpaired) electrons. The van der Waals surface area contributed by atoms with Crippen molar-refractivity contribution in [2.45, 2.75) is 19.4 Å². The van der Waals surface area contributed by atoms with Crippen LogP contribution in [0.25, 0.3) is 10.1 Å². The maximum absolute atomic E-state index is 3.47. The maximum atomic E-state index is 3.47. The number of fused-ring (bicyclic) bond motifs is 3. The summed E-state index contributed by atoms with van der Waals surface area (Å²) in [6.07, 6.45) is 2.51. The lowest BCUT2D eigenvalue weighted by Gasteiger charge is -1.96. The molecule has 1 nitrogen and oxygen atoms in total. The Kier molecular flexibility index (Phi) is 2.03. The molecule has 0 saturated heterocycles. The molecule has 2 heteroatoms. The van der Waals surface area contributed by atoms with Crippen molar-refractivity contribution in [3.8, 4) is 0 Å². The summed E-state index contributed by atoms with van der Waals surface area (Å²) in [5, 5.41) is 4.96. The van der Waals surface area contributed by atoms with Gasteiger partial charge in [-0.25, -0.2) is 0 Å². The van der Waals surface area contributed by atoms with E-state index >= 15 is 0 Å². The molecule has 2 heterocycles. The first-order chi connectivity index (χ1) is 6.95. The summed E-state index contributed by atoms with van der Waals surface area (Å²) in [5.74, 6) is 0. The second kappa shape index (κ2) is 3.37. The van der Waals surface area contributed by atoms with Gasteiger partial charge in [-0.15, -0.1) is 11.3 Å². The number of aryl methyl sites for hydroxylation is 1. The van der Waals surface area contributed by atoms with Crippen molar-refractivity contribution in [2.24, 2.45) is 0 Å². The number of benzene rings is 1. The van der Waals surface area contributed by atoms with Crippen LogP contribution in [0.5, 0.6) is 0 Å². The van der Waals surface area contributed by atoms with Gasteiger partial charge in [0.05, 0.1) is 0 Å². The van der Waals surface area contributed by atoms with Crippen LogP contribution in [0, 0.1) is 0 Å². The van der Waals surface area contributed by atoms with Crippen molar-refractivity contribution in [1.29, 1.82) is 0 Å². The van der Waals surface area contributed by atoms with Gasteiger partial charge in [-0.05, 0) is 36.4 Å². The zero-order valence-corrected chi connectivity index (χ0v) is 8.86. The van der Waals surface area contributed by atoms with Gasteiger partial charge in [-0.1, -0.05) is 18.2 Å². The van der Waals surface area contributed by atoms with Crippen molar-refractivity contribution in [3.63, 3.8) is 0 Å². The number of nitrogens with one attached hydrogen (secondary N) is 1. The summed E-state index contributed by atoms with van der Waals surface area (Å²) in [7, 11) is 0. The van der Waals surface area contributed by atoms with Gasteiger partial charge in [0.1, 0.15) is 0 Å². The average molecular weight is 203 g/mol. The van der Waals surface area contributed by atoms with Gasteiger partial charge < -0.3 is 5.32 Å². The summed E-state index contributed by atoms with van der Waals surface area (Å²) in [4.78, 5) is 1.55. The highest BCUT2D eigenvalue weighted by atomic mass is 32.1. The van der Waals surface area contributed by atoms with E-state index in [9.17, 15) is 0 Å². The summed E-state index contributed by atoms with van der Waals surface area (Å²) in [5.41, 5.74) is 1.59. The molecule has 72 valence electrons. The van der Waals surface area contributed by atoms with Gasteiger partial charge in [0.15, 0.2) is 0 Å². The third kappa shape index (κ3) is 1.26. The summed E-state index contributed by atoms with van der Waals surface area (Å²) >= 11 is 1.95. The van der Waals surface area contributed by atoms with Crippen LogP contribution in [0.15, 0.2) is 24.3 Å². The molecule has 0 aliphatic carbocycles. The Labute approximate surface area is 87.8 Å². The molecular formula is C12H13NS. The number of thiophene rings is 1. The third-order valence-corrected chi connectivity index (χ3v) is 4.06. The Bertz CT molecular complexity index is 458. The molecule has 1 aromatic carbocycles. The van der Waals surface area contributed by atoms with Crippen LogP contribution in [-0.2, 0) is 13.0 Å². The highest BCUT2D eigenvalue weighted by Crippen LogP contribution is 2.32. The van der Waals surface area contributed by atoms with Crippen molar-refractivity contribution >= 4 is 21.4 Å². The van der Waals surface area contributed by atoms with Crippen LogP contribution in [0.2, 0.25) is 0 Å². The molecule has 0 fully saturated rings. The predicted molar refractivity (Wildman–Crippen MR) is 61.9 cm³/mol. The summed E-state index contributed by atoms with van der Waals surface area (Å²) in [6, 6.07) is 8.77. The molecule has 0 unspecified atom stereocenters. The molecule has 0 bridgehead atoms. The van der Waals surface area contributed by atoms with Crippen molar-refractivity contribution < 1.29 is 0 Å². The van der Waals surface area contributed by atoms with E-state index in [2.05, 4.69) is 29.6 Å². The zero-order chi connectivity index (χ0) is 9.38. The van der Waals surface area contributed by atoms with Gasteiger partial charge in [-0.2, -0.15) is 0 Å². The molecule has 0 amide bonds. The SMILES string of the molecule is c1ccc2c3c(sc2c1)CNCCC3. The molecule has 0 spiro atoms. The maximum Gasteiger partial charge on any atom is 0.0349 e. The van der Waals surface area contributed by atoms with Gasteiger partial charge in [0.25, 0.3) is 0 Å². The second-order valence-corrected chi connectivity index (χ2v) is 4.92. The Hall–Kier alpha value is -0.860. The molecule has 1 aliphatic rings. The van der Waals surface area contributed by atoms with E-state index in [4.69, 9.17) is 0 Å². The van der Waals surface area contributed by atoms with Gasteiger partial charge in [0, 0.05) is 16.1 Å². The summed E-state index contributed by atoms with van der Waals surface area (Å²) < 4.78 is 1.45. The lowest BCUT2D eigenvalue weighted by atomic mass is 10.1. The molecule has 0 saturated carbocycles. The molecule has 1 N–H and O–H groups in total. The Morgan fingerprint density at radius 3 is 3.14 bits per heavy atom. The lowest BCUT2D eigenvalue weighted by Crippen LogP contribution is -2.11. The topological polar surface area (TPSA) is 12.0 Å². The smallest absolute Gasteiger partial charge is 0.0349 e. The minimum absolute atomic E-state index is 1.06. The number of hydrogen-bond acceptors (Lipinski definition) is 2. The standard InChI is InChI=1S/C12H13NS/c1-2-6-11-9(4-1)10-5-3-7-13-8-12(10)14-11/h1-2,4,6,13H,3,5,7-8H2. The van der Waals surface area contributed by atoms with Crippen LogP contribution in [0.3, 0.4) is 0 Å². The highest BCUT2D eigenvalue weighted by molar-refractivity contribution is 7.19. The zero-order valence-electron chi connectivity index (χ0n) is 8.05. The van der Waals surface area contributed by atoms with Crippen LogP contribution in [-0.4, -0.2) is 6.54 Å². The minimum Gasteiger partial charge on any atom is -0.312 e. The second-order valence-electron chi connectivity index (χ2n) is 3.78. The third-order valence-electron chi connectivity index (χ3n) is 2.85. The fourth-order valence-corrected chi connectivity index (χ4v) is 3.38. The first-order valence-corrected chi connectivity index (χ1v) is 5.97. The van der Waals surface area contributed by atoms with Gasteiger partial charge in [0.2, 0.25) is 0 Å². The largest absolute Gasteiger partial charge is 0.312 e. The van der Waals surface area contributed by atoms with Crippen molar-refractivity contribution in [2.75, 3.05) is 6.54 Å². The van der Waals surface area contributed by atoms with Crippen molar-refractivity contribution in [3.05, 3.63) is 34.7 Å². The van der Waals surface area contributed by atoms with E-state index in [1.54, 1.807) is 10.4 Å². The first-order valence-electron chi connectivity index (χ1n) is 5.15. The minimum atomic E-state index is 1.06. The quantitative estimate of drug-likeness (QED) is 0.694. The van der Waals surface area contributed by atoms with Crippen molar-refractivity contribution in [1.82, 2.24) is 5.32 Å². The van der Waals surface area contributed by atoms with E-state index in [1.165, 1.54) is 22.9 Å². The monoisotopic (exact) mass is 203 g/mol. The van der Waals surface area contributed by atoms with E-state index in [0.29, 0.717) is 0 Å². The van der Waals surface area contributed by atoms with E-state index < -0.39 is 0 Å². The molecular weight excluding hydrogens is 190 g/mol. The van der Waals surface area contributed by atoms with Gasteiger partial charge in [-0.3, -0.25) is 0 Å². The molecule has 3 rings (SSSR count). The summed E-state index contributed by atoms with van der Waals surface area (Å²) in [6.45, 7) is 2.23. The Morgan fingerprint density at radius 2 is 2.14 bits per heavy atom. The Balaban J connectivity index is 2.24. The first kappa shape index (κ1) is 8.45. The normalized spacial score (nSPS) is 16.6. The van der Waals surface area contributed by atoms with Crippen LogP contribution in [0.4, 0.5) is 0 Å². The van der Waals surface area contributed by atoms with E-state index in [-0.39, 0.29) is 0 Å². The molecule has 2 aromatic rings. The fraction of sp³-hybridized carbons (Fsp3) is 0.333. The molecule has 14 heavy (non-hydrogen) atoms. The average Bonchev–Trinajstić information content (AvgIpc) is 2.42. The van der Waals surface area contributed by atoms with E-state index in [0.717, 1.165) is 13.1 Å².